The highest BCUT2D eigenvalue weighted by Gasteiger charge is 2.15. The Balaban J connectivity index is 2.19. The first-order chi connectivity index (χ1) is 8.99. The van der Waals surface area contributed by atoms with Gasteiger partial charge in [0.05, 0.1) is 16.4 Å². The second-order valence-electron chi connectivity index (χ2n) is 3.59. The lowest BCUT2D eigenvalue weighted by Gasteiger charge is -2.03. The van der Waals surface area contributed by atoms with Crippen molar-refractivity contribution in [1.82, 2.24) is 4.98 Å². The minimum atomic E-state index is -1.32. The zero-order valence-electron chi connectivity index (χ0n) is 9.62. The lowest BCUT2D eigenvalue weighted by Crippen LogP contribution is -1.97. The molecule has 0 aliphatic heterocycles. The van der Waals surface area contributed by atoms with Crippen molar-refractivity contribution in [2.24, 2.45) is 5.10 Å². The van der Waals surface area contributed by atoms with Crippen LogP contribution < -0.4 is 5.43 Å². The molecule has 2 N–H and O–H groups in total. The van der Waals surface area contributed by atoms with Crippen LogP contribution in [0.25, 0.3) is 0 Å². The van der Waals surface area contributed by atoms with Gasteiger partial charge in [-0.2, -0.15) is 9.49 Å². The first-order valence-electron chi connectivity index (χ1n) is 5.06. The van der Waals surface area contributed by atoms with Gasteiger partial charge in [-0.3, -0.25) is 5.43 Å². The standard InChI is InChI=1S/C11H8BrF2N3OS/c1-5-4-19-11(16-5)17-15-3-6-2-7(12)10(18)9(14)8(6)13/h2-4,18H,1H3,(H,16,17). The highest BCUT2D eigenvalue weighted by atomic mass is 79.9. The van der Waals surface area contributed by atoms with E-state index in [1.165, 1.54) is 17.4 Å². The molecule has 1 aromatic carbocycles. The fourth-order valence-corrected chi connectivity index (χ4v) is 2.32. The number of aryl methyl sites for hydroxylation is 1. The summed E-state index contributed by atoms with van der Waals surface area (Å²) in [6.07, 6.45) is 1.11. The molecule has 0 saturated heterocycles. The molecule has 0 bridgehead atoms. The largest absolute Gasteiger partial charge is 0.504 e. The molecule has 4 nitrogen and oxygen atoms in total. The van der Waals surface area contributed by atoms with Gasteiger partial charge in [0.25, 0.3) is 0 Å². The Morgan fingerprint density at radius 1 is 1.47 bits per heavy atom. The summed E-state index contributed by atoms with van der Waals surface area (Å²) in [6, 6.07) is 1.23. The molecule has 2 rings (SSSR count). The molecule has 0 amide bonds. The van der Waals surface area contributed by atoms with Crippen LogP contribution in [0.2, 0.25) is 0 Å². The number of benzene rings is 1. The number of phenolic OH excluding ortho intramolecular Hbond substituents is 1. The number of rotatable bonds is 3. The Hall–Kier alpha value is -1.54. The smallest absolute Gasteiger partial charge is 0.203 e. The van der Waals surface area contributed by atoms with Gasteiger partial charge in [0.1, 0.15) is 0 Å². The second kappa shape index (κ2) is 5.62. The van der Waals surface area contributed by atoms with Crippen molar-refractivity contribution in [3.63, 3.8) is 0 Å². The first kappa shape index (κ1) is 13.9. The van der Waals surface area contributed by atoms with E-state index >= 15 is 0 Å². The Kier molecular flexibility index (Phi) is 4.11. The van der Waals surface area contributed by atoms with Crippen molar-refractivity contribution < 1.29 is 13.9 Å². The van der Waals surface area contributed by atoms with Crippen LogP contribution in [0, 0.1) is 18.6 Å². The molecule has 100 valence electrons. The summed E-state index contributed by atoms with van der Waals surface area (Å²) in [7, 11) is 0. The van der Waals surface area contributed by atoms with E-state index in [1.54, 1.807) is 0 Å². The molecule has 1 aromatic heterocycles. The van der Waals surface area contributed by atoms with Crippen LogP contribution in [0.5, 0.6) is 5.75 Å². The molecular weight excluding hydrogens is 340 g/mol. The van der Waals surface area contributed by atoms with Gasteiger partial charge in [0.15, 0.2) is 11.6 Å². The number of hydrazone groups is 1. The highest BCUT2D eigenvalue weighted by Crippen LogP contribution is 2.30. The van der Waals surface area contributed by atoms with Gasteiger partial charge in [0.2, 0.25) is 10.9 Å². The van der Waals surface area contributed by atoms with E-state index in [1.807, 2.05) is 12.3 Å². The fraction of sp³-hybridized carbons (Fsp3) is 0.0909. The molecule has 0 spiro atoms. The zero-order chi connectivity index (χ0) is 14.0. The lowest BCUT2D eigenvalue weighted by molar-refractivity contribution is 0.404. The van der Waals surface area contributed by atoms with Crippen molar-refractivity contribution in [1.29, 1.82) is 0 Å². The summed E-state index contributed by atoms with van der Waals surface area (Å²) in [5.74, 6) is -3.25. The van der Waals surface area contributed by atoms with Gasteiger partial charge in [-0.15, -0.1) is 11.3 Å². The molecule has 0 saturated carbocycles. The Morgan fingerprint density at radius 3 is 2.84 bits per heavy atom. The predicted molar refractivity (Wildman–Crippen MR) is 73.8 cm³/mol. The highest BCUT2D eigenvalue weighted by molar-refractivity contribution is 9.10. The molecule has 0 atom stereocenters. The Morgan fingerprint density at radius 2 is 2.21 bits per heavy atom. The predicted octanol–water partition coefficient (Wildman–Crippen LogP) is 3.64. The van der Waals surface area contributed by atoms with Crippen LogP contribution in [0.1, 0.15) is 11.3 Å². The third kappa shape index (κ3) is 3.07. The molecule has 8 heteroatoms. The van der Waals surface area contributed by atoms with Gasteiger partial charge in [-0.25, -0.2) is 9.37 Å². The number of nitrogens with one attached hydrogen (secondary N) is 1. The molecule has 1 heterocycles. The number of aromatic nitrogens is 1. The summed E-state index contributed by atoms with van der Waals surface area (Å²) >= 11 is 4.27. The van der Waals surface area contributed by atoms with E-state index in [0.29, 0.717) is 5.13 Å². The summed E-state index contributed by atoms with van der Waals surface area (Å²) in [6.45, 7) is 1.83. The quantitative estimate of drug-likeness (QED) is 0.506. The number of nitrogens with zero attached hydrogens (tertiary/aromatic N) is 2. The number of hydrogen-bond acceptors (Lipinski definition) is 5. The van der Waals surface area contributed by atoms with Gasteiger partial charge in [-0.05, 0) is 28.9 Å². The van der Waals surface area contributed by atoms with E-state index < -0.39 is 17.4 Å². The maximum atomic E-state index is 13.5. The molecule has 2 aromatic rings. The van der Waals surface area contributed by atoms with E-state index in [2.05, 4.69) is 31.4 Å². The van der Waals surface area contributed by atoms with Crippen molar-refractivity contribution in [2.75, 3.05) is 5.43 Å². The minimum absolute atomic E-state index is 0.0537. The summed E-state index contributed by atoms with van der Waals surface area (Å²) in [4.78, 5) is 4.09. The molecule has 0 aliphatic carbocycles. The number of halogens is 3. The molecule has 0 unspecified atom stereocenters. The van der Waals surface area contributed by atoms with Gasteiger partial charge in [0, 0.05) is 10.9 Å². The van der Waals surface area contributed by atoms with E-state index in [4.69, 9.17) is 0 Å². The first-order valence-corrected chi connectivity index (χ1v) is 6.74. The maximum absolute atomic E-state index is 13.5. The Bertz CT molecular complexity index is 645. The third-order valence-corrected chi connectivity index (χ3v) is 3.61. The molecule has 0 aliphatic rings. The Labute approximate surface area is 119 Å². The number of aromatic hydroxyl groups is 1. The zero-order valence-corrected chi connectivity index (χ0v) is 12.0. The average molecular weight is 348 g/mol. The van der Waals surface area contributed by atoms with Gasteiger partial charge >= 0.3 is 0 Å². The molecular formula is C11H8BrF2N3OS. The van der Waals surface area contributed by atoms with Crippen LogP contribution in [0.3, 0.4) is 0 Å². The monoisotopic (exact) mass is 347 g/mol. The molecule has 0 radical (unpaired) electrons. The second-order valence-corrected chi connectivity index (χ2v) is 5.30. The molecule has 0 fully saturated rings. The van der Waals surface area contributed by atoms with Crippen molar-refractivity contribution in [3.05, 3.63) is 38.8 Å². The van der Waals surface area contributed by atoms with Crippen molar-refractivity contribution >= 4 is 38.6 Å². The topological polar surface area (TPSA) is 57.5 Å². The normalized spacial score (nSPS) is 11.2. The minimum Gasteiger partial charge on any atom is -0.504 e. The maximum Gasteiger partial charge on any atom is 0.203 e. The van der Waals surface area contributed by atoms with Crippen LogP contribution in [-0.4, -0.2) is 16.3 Å². The van der Waals surface area contributed by atoms with Gasteiger partial charge in [-0.1, -0.05) is 0 Å². The van der Waals surface area contributed by atoms with Gasteiger partial charge < -0.3 is 5.11 Å². The summed E-state index contributed by atoms with van der Waals surface area (Å²) in [5, 5.41) is 15.3. The fourth-order valence-electron chi connectivity index (χ4n) is 1.26. The number of thiazole rings is 1. The SMILES string of the molecule is Cc1csc(NN=Cc2cc(Br)c(O)c(F)c2F)n1. The molecule has 19 heavy (non-hydrogen) atoms. The van der Waals surface area contributed by atoms with Crippen LogP contribution in [0.15, 0.2) is 21.0 Å². The summed E-state index contributed by atoms with van der Waals surface area (Å²) < 4.78 is 26.8. The van der Waals surface area contributed by atoms with Crippen molar-refractivity contribution in [3.8, 4) is 5.75 Å². The van der Waals surface area contributed by atoms with Crippen LogP contribution >= 0.6 is 27.3 Å². The van der Waals surface area contributed by atoms with Crippen LogP contribution in [0.4, 0.5) is 13.9 Å². The lowest BCUT2D eigenvalue weighted by atomic mass is 10.2. The third-order valence-electron chi connectivity index (χ3n) is 2.15. The van der Waals surface area contributed by atoms with E-state index in [9.17, 15) is 13.9 Å². The van der Waals surface area contributed by atoms with E-state index in [0.717, 1.165) is 11.9 Å². The average Bonchev–Trinajstić information content (AvgIpc) is 2.79. The number of anilines is 1. The van der Waals surface area contributed by atoms with Crippen molar-refractivity contribution in [2.45, 2.75) is 6.92 Å². The number of phenols is 1. The van der Waals surface area contributed by atoms with Crippen LogP contribution in [-0.2, 0) is 0 Å². The number of hydrogen-bond donors (Lipinski definition) is 2. The summed E-state index contributed by atoms with van der Waals surface area (Å²) in [5.41, 5.74) is 3.35. The van der Waals surface area contributed by atoms with E-state index in [-0.39, 0.29) is 10.0 Å².